The summed E-state index contributed by atoms with van der Waals surface area (Å²) in [6.07, 6.45) is 3.75. The van der Waals surface area contributed by atoms with Crippen molar-refractivity contribution in [2.24, 2.45) is 10.9 Å². The highest BCUT2D eigenvalue weighted by atomic mass is 16.5. The molecule has 0 rings (SSSR count). The van der Waals surface area contributed by atoms with Gasteiger partial charge in [-0.1, -0.05) is 26.7 Å². The molecule has 0 aromatic heterocycles. The van der Waals surface area contributed by atoms with E-state index in [1.165, 1.54) is 19.3 Å². The van der Waals surface area contributed by atoms with E-state index in [4.69, 9.17) is 4.74 Å². The van der Waals surface area contributed by atoms with Crippen LogP contribution in [-0.4, -0.2) is 38.8 Å². The van der Waals surface area contributed by atoms with E-state index < -0.39 is 0 Å². The van der Waals surface area contributed by atoms with Crippen molar-refractivity contribution in [2.75, 3.05) is 26.8 Å². The average molecular weight is 257 g/mol. The van der Waals surface area contributed by atoms with Crippen LogP contribution in [0.1, 0.15) is 47.0 Å². The Bertz CT molecular complexity index is 217. The largest absolute Gasteiger partial charge is 0.383 e. The molecule has 4 nitrogen and oxygen atoms in total. The second kappa shape index (κ2) is 11.3. The average Bonchev–Trinajstić information content (AvgIpc) is 2.29. The van der Waals surface area contributed by atoms with E-state index in [-0.39, 0.29) is 0 Å². The van der Waals surface area contributed by atoms with Crippen molar-refractivity contribution in [2.45, 2.75) is 53.0 Å². The molecule has 0 bridgehead atoms. The molecule has 0 radical (unpaired) electrons. The number of aliphatic imine (C=N–C) groups is 1. The second-order valence-corrected chi connectivity index (χ2v) is 5.12. The van der Waals surface area contributed by atoms with E-state index >= 15 is 0 Å². The van der Waals surface area contributed by atoms with Crippen molar-refractivity contribution < 1.29 is 4.74 Å². The molecule has 2 N–H and O–H groups in total. The van der Waals surface area contributed by atoms with Crippen LogP contribution < -0.4 is 10.6 Å². The number of hydrogen-bond acceptors (Lipinski definition) is 2. The van der Waals surface area contributed by atoms with Crippen LogP contribution >= 0.6 is 0 Å². The summed E-state index contributed by atoms with van der Waals surface area (Å²) in [5.41, 5.74) is 0. The summed E-state index contributed by atoms with van der Waals surface area (Å²) in [5, 5.41) is 6.69. The summed E-state index contributed by atoms with van der Waals surface area (Å²) in [6.45, 7) is 11.1. The Kier molecular flexibility index (Phi) is 10.8. The van der Waals surface area contributed by atoms with E-state index in [9.17, 15) is 0 Å². The minimum absolute atomic E-state index is 0.462. The van der Waals surface area contributed by atoms with Gasteiger partial charge in [-0.15, -0.1) is 0 Å². The van der Waals surface area contributed by atoms with Crippen molar-refractivity contribution in [1.29, 1.82) is 0 Å². The Hall–Kier alpha value is -0.770. The van der Waals surface area contributed by atoms with Crippen LogP contribution in [0.3, 0.4) is 0 Å². The highest BCUT2D eigenvalue weighted by molar-refractivity contribution is 5.80. The van der Waals surface area contributed by atoms with Gasteiger partial charge in [0.1, 0.15) is 0 Å². The number of guanidine groups is 1. The smallest absolute Gasteiger partial charge is 0.191 e. The summed E-state index contributed by atoms with van der Waals surface area (Å²) in [4.78, 5) is 4.46. The number of nitrogens with one attached hydrogen (secondary N) is 2. The van der Waals surface area contributed by atoms with Gasteiger partial charge >= 0.3 is 0 Å². The molecule has 0 saturated carbocycles. The van der Waals surface area contributed by atoms with E-state index in [0.29, 0.717) is 19.2 Å². The Morgan fingerprint density at radius 3 is 2.50 bits per heavy atom. The molecular weight excluding hydrogens is 226 g/mol. The number of nitrogens with zero attached hydrogens (tertiary/aromatic N) is 1. The molecule has 0 amide bonds. The van der Waals surface area contributed by atoms with Crippen LogP contribution in [0.5, 0.6) is 0 Å². The molecular formula is C14H31N3O. The van der Waals surface area contributed by atoms with E-state index in [0.717, 1.165) is 18.4 Å². The van der Waals surface area contributed by atoms with Gasteiger partial charge in [0.2, 0.25) is 0 Å². The lowest BCUT2D eigenvalue weighted by Crippen LogP contribution is -2.42. The minimum Gasteiger partial charge on any atom is -0.383 e. The van der Waals surface area contributed by atoms with Gasteiger partial charge in [-0.3, -0.25) is 4.99 Å². The van der Waals surface area contributed by atoms with Crippen molar-refractivity contribution in [3.63, 3.8) is 0 Å². The normalized spacial score (nSPS) is 13.8. The molecule has 4 heteroatoms. The molecule has 108 valence electrons. The Balaban J connectivity index is 3.94. The zero-order valence-electron chi connectivity index (χ0n) is 12.8. The fourth-order valence-corrected chi connectivity index (χ4v) is 1.71. The molecule has 0 spiro atoms. The van der Waals surface area contributed by atoms with Gasteiger partial charge in [-0.05, 0) is 26.2 Å². The van der Waals surface area contributed by atoms with Crippen LogP contribution in [0.2, 0.25) is 0 Å². The maximum atomic E-state index is 5.00. The first-order valence-electron chi connectivity index (χ1n) is 7.13. The van der Waals surface area contributed by atoms with Gasteiger partial charge in [0.15, 0.2) is 5.96 Å². The Morgan fingerprint density at radius 1 is 1.22 bits per heavy atom. The van der Waals surface area contributed by atoms with Crippen molar-refractivity contribution in [3.05, 3.63) is 0 Å². The van der Waals surface area contributed by atoms with Crippen LogP contribution in [0.4, 0.5) is 0 Å². The third-order valence-electron chi connectivity index (χ3n) is 2.71. The molecule has 0 aromatic rings. The zero-order chi connectivity index (χ0) is 13.8. The topological polar surface area (TPSA) is 45.7 Å². The van der Waals surface area contributed by atoms with Crippen LogP contribution in [0, 0.1) is 5.92 Å². The third kappa shape index (κ3) is 10.4. The quantitative estimate of drug-likeness (QED) is 0.379. The monoisotopic (exact) mass is 257 g/mol. The first-order valence-corrected chi connectivity index (χ1v) is 7.13. The van der Waals surface area contributed by atoms with Crippen molar-refractivity contribution in [1.82, 2.24) is 10.6 Å². The molecule has 18 heavy (non-hydrogen) atoms. The van der Waals surface area contributed by atoms with Crippen molar-refractivity contribution >= 4 is 5.96 Å². The summed E-state index contributed by atoms with van der Waals surface area (Å²) in [5.74, 6) is 1.69. The first-order chi connectivity index (χ1) is 8.60. The lowest BCUT2D eigenvalue weighted by Gasteiger charge is -2.18. The van der Waals surface area contributed by atoms with Crippen molar-refractivity contribution in [3.8, 4) is 0 Å². The maximum Gasteiger partial charge on any atom is 0.191 e. The third-order valence-corrected chi connectivity index (χ3v) is 2.71. The molecule has 0 aromatic carbocycles. The predicted octanol–water partition coefficient (Wildman–Crippen LogP) is 2.40. The maximum absolute atomic E-state index is 5.00. The van der Waals surface area contributed by atoms with Gasteiger partial charge in [0, 0.05) is 19.7 Å². The fourth-order valence-electron chi connectivity index (χ4n) is 1.71. The van der Waals surface area contributed by atoms with Crippen LogP contribution in [0.25, 0.3) is 0 Å². The van der Waals surface area contributed by atoms with E-state index in [2.05, 4.69) is 43.3 Å². The molecule has 0 aliphatic carbocycles. The van der Waals surface area contributed by atoms with Gasteiger partial charge in [-0.25, -0.2) is 0 Å². The van der Waals surface area contributed by atoms with E-state index in [1.54, 1.807) is 7.11 Å². The molecule has 0 saturated heterocycles. The number of methoxy groups -OCH3 is 1. The number of hydrogen-bond donors (Lipinski definition) is 2. The predicted molar refractivity (Wildman–Crippen MR) is 79.1 cm³/mol. The Morgan fingerprint density at radius 2 is 1.94 bits per heavy atom. The van der Waals surface area contributed by atoms with Gasteiger partial charge in [0.05, 0.1) is 13.2 Å². The van der Waals surface area contributed by atoms with E-state index in [1.807, 2.05) is 0 Å². The summed E-state index contributed by atoms with van der Waals surface area (Å²) in [6, 6.07) is 0.462. The molecule has 1 unspecified atom stereocenters. The lowest BCUT2D eigenvalue weighted by molar-refractivity contribution is 0.208. The standard InChI is InChI=1S/C14H31N3O/c1-6-15-14(16-10-11-18-5)17-13(4)9-7-8-12(2)3/h12-13H,6-11H2,1-5H3,(H2,15,16,17). The second-order valence-electron chi connectivity index (χ2n) is 5.12. The molecule has 0 fully saturated rings. The summed E-state index contributed by atoms with van der Waals surface area (Å²) < 4.78 is 5.00. The minimum atomic E-state index is 0.462. The molecule has 1 atom stereocenters. The van der Waals surface area contributed by atoms with Gasteiger partial charge < -0.3 is 15.4 Å². The van der Waals surface area contributed by atoms with Crippen LogP contribution in [-0.2, 0) is 4.74 Å². The number of rotatable bonds is 9. The summed E-state index contributed by atoms with van der Waals surface area (Å²) >= 11 is 0. The highest BCUT2D eigenvalue weighted by Gasteiger charge is 2.05. The van der Waals surface area contributed by atoms with Gasteiger partial charge in [0.25, 0.3) is 0 Å². The zero-order valence-corrected chi connectivity index (χ0v) is 12.8. The highest BCUT2D eigenvalue weighted by Crippen LogP contribution is 2.08. The SMILES string of the molecule is CCNC(=NCCOC)NC(C)CCCC(C)C. The molecule has 0 heterocycles. The Labute approximate surface area is 113 Å². The number of ether oxygens (including phenoxy) is 1. The fraction of sp³-hybridized carbons (Fsp3) is 0.929. The van der Waals surface area contributed by atoms with Crippen LogP contribution in [0.15, 0.2) is 4.99 Å². The molecule has 0 aliphatic rings. The first kappa shape index (κ1) is 17.2. The molecule has 0 aliphatic heterocycles. The summed E-state index contributed by atoms with van der Waals surface area (Å²) in [7, 11) is 1.70. The lowest BCUT2D eigenvalue weighted by atomic mass is 10.0. The van der Waals surface area contributed by atoms with Gasteiger partial charge in [-0.2, -0.15) is 0 Å².